The summed E-state index contributed by atoms with van der Waals surface area (Å²) < 4.78 is 0. The maximum absolute atomic E-state index is 14.2. The Morgan fingerprint density at radius 1 is 0.326 bits per heavy atom. The Bertz CT molecular complexity index is 3600. The van der Waals surface area contributed by atoms with Gasteiger partial charge in [0.25, 0.3) is 0 Å². The average Bonchev–Trinajstić information content (AvgIpc) is 1.59. The Morgan fingerprint density at radius 3 is 0.717 bits per heavy atom. The average molecular weight is 1240 g/mol. The van der Waals surface area contributed by atoms with Crippen molar-refractivity contribution in [3.05, 3.63) is 144 Å². The van der Waals surface area contributed by atoms with Crippen LogP contribution in [0.15, 0.2) is 121 Å². The molecule has 2 aliphatic heterocycles. The molecule has 5 heterocycles. The highest BCUT2D eigenvalue weighted by Gasteiger charge is 2.27. The van der Waals surface area contributed by atoms with E-state index in [0.717, 1.165) is 92.3 Å². The van der Waals surface area contributed by atoms with E-state index in [1.165, 1.54) is 0 Å². The Morgan fingerprint density at radius 2 is 0.522 bits per heavy atom. The van der Waals surface area contributed by atoms with Crippen molar-refractivity contribution in [2.24, 2.45) is 45.3 Å². The van der Waals surface area contributed by atoms with Gasteiger partial charge in [0, 0.05) is 115 Å². The normalized spacial score (nSPS) is 13.9. The number of fused-ring (bicyclic) bond motifs is 8. The van der Waals surface area contributed by atoms with Gasteiger partial charge < -0.3 is 31.2 Å². The zero-order valence-corrected chi connectivity index (χ0v) is 57.4. The van der Waals surface area contributed by atoms with Crippen LogP contribution in [0.1, 0.15) is 185 Å². The maximum Gasteiger partial charge on any atom is 0.224 e. The largest absolute Gasteiger partial charge is 0.354 e. The van der Waals surface area contributed by atoms with Crippen LogP contribution in [0.25, 0.3) is 90.9 Å². The SMILES string of the molecule is CC(CC(=O)Nc1ccccc1-c1c2nc(c(-c3ccccc3NC(=O)CC(C)CC(C)(C)C)c3ccc([nH]3)c(-c3ccccc3NC(=O)CC(C)CC(C)(C)C)c3nc(c(-c4ccccc4NC(=O)CC(C)CC(C)(C)C)c4ccc1[nH]4)C=C3)C=C2)CC(C)(C)C. The quantitative estimate of drug-likeness (QED) is 0.0443. The van der Waals surface area contributed by atoms with E-state index < -0.39 is 0 Å². The van der Waals surface area contributed by atoms with Crippen molar-refractivity contribution in [3.63, 3.8) is 0 Å². The fourth-order valence-corrected chi connectivity index (χ4v) is 14.1. The summed E-state index contributed by atoms with van der Waals surface area (Å²) >= 11 is 0. The van der Waals surface area contributed by atoms with Gasteiger partial charge in [0.1, 0.15) is 0 Å². The van der Waals surface area contributed by atoms with Crippen LogP contribution >= 0.6 is 0 Å². The van der Waals surface area contributed by atoms with Gasteiger partial charge in [-0.15, -0.1) is 0 Å². The third-order valence-electron chi connectivity index (χ3n) is 16.6. The third kappa shape index (κ3) is 17.9. The first kappa shape index (κ1) is 67.7. The number of nitrogens with one attached hydrogen (secondary N) is 6. The number of hydrogen-bond donors (Lipinski definition) is 6. The first-order chi connectivity index (χ1) is 43.3. The van der Waals surface area contributed by atoms with E-state index in [1.807, 2.05) is 146 Å². The number of anilines is 4. The van der Waals surface area contributed by atoms with Crippen LogP contribution in [0.3, 0.4) is 0 Å². The van der Waals surface area contributed by atoms with Gasteiger partial charge in [-0.05, 0) is 144 Å². The molecule has 0 radical (unpaired) electrons. The van der Waals surface area contributed by atoms with Crippen molar-refractivity contribution in [1.82, 2.24) is 19.9 Å². The molecule has 7 aromatic rings. The number of carbonyl (C=O) groups excluding carboxylic acids is 4. The number of aromatic nitrogens is 4. The highest BCUT2D eigenvalue weighted by molar-refractivity contribution is 6.07. The molecule has 6 N–H and O–H groups in total. The van der Waals surface area contributed by atoms with Crippen LogP contribution in [0.4, 0.5) is 22.7 Å². The van der Waals surface area contributed by atoms with E-state index in [4.69, 9.17) is 9.97 Å². The predicted octanol–water partition coefficient (Wildman–Crippen LogP) is 20.9. The molecule has 0 aliphatic carbocycles. The molecule has 4 unspecified atom stereocenters. The Hall–Kier alpha value is -8.64. The molecule has 2 aliphatic rings. The van der Waals surface area contributed by atoms with Gasteiger partial charge in [-0.3, -0.25) is 19.2 Å². The standard InChI is InChI=1S/C80H98N8O4/c1-49(45-77(5,6)7)41-69(89)85-57-29-21-17-25-53(57)73-61-33-35-63(81-61)74(54-26-18-22-30-58(54)86-70(90)42-50(2)46-78(8,9)10)65-37-39-67(83-65)76(56-28-20-24-32-60(56)88-72(92)44-52(4)48-80(14,15)16)68-40-38-66(84-68)75(64-36-34-62(73)82-64)55-27-19-23-31-59(55)87-71(91)43-51(3)47-79(11,12)13/h17-40,49-52,81,84H,41-48H2,1-16H3,(H,85,89)(H,86,90)(H,87,91)(H,88,92). The predicted molar refractivity (Wildman–Crippen MR) is 387 cm³/mol. The van der Waals surface area contributed by atoms with Crippen LogP contribution in [-0.4, -0.2) is 43.6 Å². The number of hydrogen-bond acceptors (Lipinski definition) is 6. The smallest absolute Gasteiger partial charge is 0.224 e. The van der Waals surface area contributed by atoms with Gasteiger partial charge in [-0.2, -0.15) is 0 Å². The van der Waals surface area contributed by atoms with Crippen molar-refractivity contribution in [2.75, 3.05) is 21.3 Å². The third-order valence-corrected chi connectivity index (χ3v) is 16.6. The number of para-hydroxylation sites is 4. The lowest BCUT2D eigenvalue weighted by molar-refractivity contribution is -0.118. The number of benzene rings is 4. The van der Waals surface area contributed by atoms with Gasteiger partial charge in [0.05, 0.1) is 22.8 Å². The second-order valence-electron chi connectivity index (χ2n) is 31.2. The van der Waals surface area contributed by atoms with Crippen LogP contribution in [0.5, 0.6) is 0 Å². The summed E-state index contributed by atoms with van der Waals surface area (Å²) in [6.07, 6.45) is 13.0. The van der Waals surface area contributed by atoms with Crippen molar-refractivity contribution in [1.29, 1.82) is 0 Å². The molecule has 0 fully saturated rings. The van der Waals surface area contributed by atoms with E-state index in [-0.39, 0.29) is 69.0 Å². The topological polar surface area (TPSA) is 174 Å². The summed E-state index contributed by atoms with van der Waals surface area (Å²) in [5.74, 6) is 0.252. The van der Waals surface area contributed by atoms with Crippen molar-refractivity contribution in [2.45, 2.75) is 162 Å². The first-order valence-corrected chi connectivity index (χ1v) is 33.1. The van der Waals surface area contributed by atoms with Gasteiger partial charge >= 0.3 is 0 Å². The zero-order valence-electron chi connectivity index (χ0n) is 57.4. The lowest BCUT2D eigenvalue weighted by Crippen LogP contribution is -2.19. The number of H-pyrrole nitrogens is 2. The summed E-state index contributed by atoms with van der Waals surface area (Å²) in [5.41, 5.74) is 14.1. The lowest BCUT2D eigenvalue weighted by Gasteiger charge is -2.23. The van der Waals surface area contributed by atoms with Crippen LogP contribution in [0.2, 0.25) is 0 Å². The van der Waals surface area contributed by atoms with Gasteiger partial charge in [0.15, 0.2) is 0 Å². The minimum Gasteiger partial charge on any atom is -0.354 e. The van der Waals surface area contributed by atoms with E-state index in [9.17, 15) is 19.2 Å². The first-order valence-electron chi connectivity index (χ1n) is 33.1. The summed E-state index contributed by atoms with van der Waals surface area (Å²) in [6, 6.07) is 39.7. The number of nitrogens with zero attached hydrogens (tertiary/aromatic N) is 2. The van der Waals surface area contributed by atoms with Crippen LogP contribution in [0, 0.1) is 45.3 Å². The molecule has 9 rings (SSSR count). The molecule has 4 atom stereocenters. The summed E-state index contributed by atoms with van der Waals surface area (Å²) in [4.78, 5) is 75.9. The molecule has 4 amide bonds. The van der Waals surface area contributed by atoms with E-state index in [1.54, 1.807) is 0 Å². The molecule has 3 aromatic heterocycles. The monoisotopic (exact) mass is 1230 g/mol. The Kier molecular flexibility index (Phi) is 20.7. The second kappa shape index (κ2) is 28.1. The summed E-state index contributed by atoms with van der Waals surface area (Å²) in [7, 11) is 0. The highest BCUT2D eigenvalue weighted by Crippen LogP contribution is 2.44. The minimum atomic E-state index is -0.0806. The van der Waals surface area contributed by atoms with E-state index in [0.29, 0.717) is 71.2 Å². The summed E-state index contributed by atoms with van der Waals surface area (Å²) in [6.45, 7) is 34.9. The molecule has 0 saturated carbocycles. The molecule has 12 heteroatoms. The number of rotatable bonds is 20. The maximum atomic E-state index is 14.2. The minimum absolute atomic E-state index is 0.0551. The zero-order chi connectivity index (χ0) is 66.5. The molecule has 12 nitrogen and oxygen atoms in total. The Balaban J connectivity index is 1.36. The molecule has 8 bridgehead atoms. The number of carbonyl (C=O) groups is 4. The number of aromatic amines is 2. The summed E-state index contributed by atoms with van der Waals surface area (Å²) in [5, 5.41) is 13.3. The fourth-order valence-electron chi connectivity index (χ4n) is 14.1. The fraction of sp³-hybridized carbons (Fsp3) is 0.400. The number of amides is 4. The van der Waals surface area contributed by atoms with Crippen LogP contribution < -0.4 is 21.3 Å². The highest BCUT2D eigenvalue weighted by atomic mass is 16.2. The molecule has 0 saturated heterocycles. The molecular weight excluding hydrogens is 1140 g/mol. The van der Waals surface area contributed by atoms with Gasteiger partial charge in [0.2, 0.25) is 23.6 Å². The molecule has 482 valence electrons. The van der Waals surface area contributed by atoms with Gasteiger partial charge in [-0.1, -0.05) is 184 Å². The molecular formula is C80H98N8O4. The van der Waals surface area contributed by atoms with Crippen molar-refractivity contribution < 1.29 is 19.2 Å². The van der Waals surface area contributed by atoms with Crippen molar-refractivity contribution in [3.8, 4) is 44.5 Å². The molecule has 0 spiro atoms. The van der Waals surface area contributed by atoms with E-state index in [2.05, 4.69) is 142 Å². The molecule has 4 aromatic carbocycles. The van der Waals surface area contributed by atoms with Gasteiger partial charge in [-0.25, -0.2) is 9.97 Å². The van der Waals surface area contributed by atoms with Crippen molar-refractivity contribution >= 4 is 92.7 Å². The van der Waals surface area contributed by atoms with Crippen LogP contribution in [-0.2, 0) is 19.2 Å². The van der Waals surface area contributed by atoms with E-state index >= 15 is 0 Å². The second-order valence-corrected chi connectivity index (χ2v) is 31.2. The Labute approximate surface area is 546 Å². The molecule has 92 heavy (non-hydrogen) atoms. The lowest BCUT2D eigenvalue weighted by atomic mass is 9.84.